The maximum absolute atomic E-state index is 14.9. The molecule has 0 aliphatic carbocycles. The highest BCUT2D eigenvalue weighted by atomic mass is 32.1. The van der Waals surface area contributed by atoms with Gasteiger partial charge in [0.15, 0.2) is 11.6 Å². The van der Waals surface area contributed by atoms with Gasteiger partial charge in [-0.2, -0.15) is 0 Å². The lowest BCUT2D eigenvalue weighted by Crippen LogP contribution is -2.51. The summed E-state index contributed by atoms with van der Waals surface area (Å²) in [6, 6.07) is 25.6. The van der Waals surface area contributed by atoms with Crippen molar-refractivity contribution >= 4 is 45.8 Å². The molecule has 3 aliphatic heterocycles. The van der Waals surface area contributed by atoms with E-state index in [1.54, 1.807) is 0 Å². The van der Waals surface area contributed by atoms with Crippen molar-refractivity contribution in [1.29, 1.82) is 0 Å². The zero-order valence-electron chi connectivity index (χ0n) is 23.0. The average molecular weight is 559 g/mol. The summed E-state index contributed by atoms with van der Waals surface area (Å²) < 4.78 is 0. The molecular formula is C35H30N2O3S. The van der Waals surface area contributed by atoms with E-state index in [1.807, 2.05) is 97.2 Å². The first kappa shape index (κ1) is 25.7. The van der Waals surface area contributed by atoms with Crippen LogP contribution >= 0.6 is 11.3 Å². The molecule has 4 heterocycles. The van der Waals surface area contributed by atoms with Crippen LogP contribution in [0.15, 0.2) is 96.4 Å². The Morgan fingerprint density at radius 2 is 1.68 bits per heavy atom. The van der Waals surface area contributed by atoms with Gasteiger partial charge in [0.2, 0.25) is 5.91 Å². The number of benzene rings is 3. The largest absolute Gasteiger partial charge is 0.352 e. The number of hydrogen-bond acceptors (Lipinski definition) is 5. The summed E-state index contributed by atoms with van der Waals surface area (Å²) in [5.41, 5.74) is 4.76. The molecule has 3 aliphatic rings. The quantitative estimate of drug-likeness (QED) is 0.260. The second-order valence-corrected chi connectivity index (χ2v) is 12.1. The summed E-state index contributed by atoms with van der Waals surface area (Å²) in [6.45, 7) is 4.17. The van der Waals surface area contributed by atoms with Crippen molar-refractivity contribution in [2.45, 2.75) is 44.2 Å². The van der Waals surface area contributed by atoms with Crippen molar-refractivity contribution in [3.05, 3.63) is 124 Å². The molecule has 1 amide bonds. The van der Waals surface area contributed by atoms with Crippen molar-refractivity contribution in [2.75, 3.05) is 10.2 Å². The van der Waals surface area contributed by atoms with Gasteiger partial charge in [0.1, 0.15) is 11.5 Å². The Bertz CT molecular complexity index is 1720. The summed E-state index contributed by atoms with van der Waals surface area (Å²) in [5.74, 6) is -1.51. The molecule has 204 valence electrons. The van der Waals surface area contributed by atoms with Crippen molar-refractivity contribution in [1.82, 2.24) is 0 Å². The van der Waals surface area contributed by atoms with Crippen molar-refractivity contribution in [2.24, 2.45) is 5.92 Å². The minimum absolute atomic E-state index is 0.136. The maximum Gasteiger partial charge on any atom is 0.238 e. The number of carbonyl (C=O) groups is 3. The van der Waals surface area contributed by atoms with E-state index in [9.17, 15) is 14.4 Å². The third kappa shape index (κ3) is 3.63. The maximum atomic E-state index is 14.9. The number of nitrogens with zero attached hydrogens (tertiary/aromatic N) is 1. The third-order valence-electron chi connectivity index (χ3n) is 8.98. The number of para-hydroxylation sites is 2. The number of aryl methyl sites for hydroxylation is 1. The van der Waals surface area contributed by atoms with Gasteiger partial charge in [0.25, 0.3) is 0 Å². The van der Waals surface area contributed by atoms with Gasteiger partial charge in [-0.25, -0.2) is 0 Å². The van der Waals surface area contributed by atoms with Gasteiger partial charge in [-0.1, -0.05) is 86.2 Å². The van der Waals surface area contributed by atoms with Crippen LogP contribution in [0.25, 0.3) is 5.57 Å². The number of ketones is 2. The second-order valence-electron chi connectivity index (χ2n) is 11.2. The summed E-state index contributed by atoms with van der Waals surface area (Å²) in [6.07, 6.45) is 4.03. The van der Waals surface area contributed by atoms with E-state index < -0.39 is 23.4 Å². The molecule has 1 spiro atoms. The molecular weight excluding hydrogens is 528 g/mol. The van der Waals surface area contributed by atoms with E-state index in [-0.39, 0.29) is 17.5 Å². The van der Waals surface area contributed by atoms with Crippen LogP contribution in [-0.2, 0) is 16.6 Å². The van der Waals surface area contributed by atoms with Gasteiger partial charge in [-0.3, -0.25) is 14.4 Å². The SMILES string of the molecule is CCCc1ccc(C(=O)[C@H]2[C@H](C(=O)c3cccs3)N3c4ccccc4C(C)=C[C@H]3[C@]23C(=O)Nc2ccccc23)cc1. The minimum Gasteiger partial charge on any atom is -0.352 e. The van der Waals surface area contributed by atoms with Gasteiger partial charge < -0.3 is 10.2 Å². The molecule has 1 N–H and O–H groups in total. The molecule has 0 radical (unpaired) electrons. The summed E-state index contributed by atoms with van der Waals surface area (Å²) in [4.78, 5) is 46.5. The predicted octanol–water partition coefficient (Wildman–Crippen LogP) is 6.95. The number of thiophene rings is 1. The Labute approximate surface area is 243 Å². The standard InChI is InChI=1S/C35H30N2O3S/c1-3-9-22-15-17-23(18-16-22)32(38)30-31(33(39)28-14-8-19-41-28)37-27-13-7-4-10-24(27)21(2)20-29(37)35(30)25-11-5-6-12-26(25)36-34(35)40/h4-8,10-20,29-31H,3,9H2,1-2H3,(H,36,40)/t29-,30+,31+,35-/m0/s1. The number of nitrogens with one attached hydrogen (secondary N) is 1. The van der Waals surface area contributed by atoms with E-state index in [2.05, 4.69) is 23.2 Å². The molecule has 3 aromatic carbocycles. The predicted molar refractivity (Wildman–Crippen MR) is 164 cm³/mol. The van der Waals surface area contributed by atoms with Crippen LogP contribution in [-0.4, -0.2) is 29.6 Å². The highest BCUT2D eigenvalue weighted by Gasteiger charge is 2.70. The molecule has 5 nitrogen and oxygen atoms in total. The molecule has 0 unspecified atom stereocenters. The Morgan fingerprint density at radius 3 is 2.44 bits per heavy atom. The van der Waals surface area contributed by atoms with Crippen LogP contribution in [0.1, 0.15) is 57.0 Å². The molecule has 4 atom stereocenters. The molecule has 1 saturated heterocycles. The number of fused-ring (bicyclic) bond motifs is 6. The van der Waals surface area contributed by atoms with Gasteiger partial charge >= 0.3 is 0 Å². The first-order valence-electron chi connectivity index (χ1n) is 14.1. The number of rotatable bonds is 6. The molecule has 0 saturated carbocycles. The van der Waals surface area contributed by atoms with Crippen LogP contribution < -0.4 is 10.2 Å². The number of anilines is 2. The molecule has 7 rings (SSSR count). The van der Waals surface area contributed by atoms with Crippen LogP contribution in [0.3, 0.4) is 0 Å². The molecule has 41 heavy (non-hydrogen) atoms. The Kier molecular flexibility index (Phi) is 6.05. The number of carbonyl (C=O) groups excluding carboxylic acids is 3. The van der Waals surface area contributed by atoms with E-state index in [1.165, 1.54) is 11.3 Å². The fourth-order valence-corrected chi connectivity index (χ4v) is 7.95. The van der Waals surface area contributed by atoms with E-state index in [4.69, 9.17) is 0 Å². The van der Waals surface area contributed by atoms with E-state index in [0.717, 1.165) is 40.8 Å². The fourth-order valence-electron chi connectivity index (χ4n) is 7.26. The molecule has 0 bridgehead atoms. The smallest absolute Gasteiger partial charge is 0.238 e. The van der Waals surface area contributed by atoms with E-state index >= 15 is 0 Å². The van der Waals surface area contributed by atoms with Crippen LogP contribution in [0.4, 0.5) is 11.4 Å². The normalized spacial score (nSPS) is 24.0. The van der Waals surface area contributed by atoms with Gasteiger partial charge in [-0.15, -0.1) is 11.3 Å². The molecule has 1 aromatic heterocycles. The van der Waals surface area contributed by atoms with Crippen LogP contribution in [0.2, 0.25) is 0 Å². The van der Waals surface area contributed by atoms with Gasteiger partial charge in [0.05, 0.1) is 16.8 Å². The lowest BCUT2D eigenvalue weighted by molar-refractivity contribution is -0.121. The fraction of sp³-hybridized carbons (Fsp3) is 0.229. The van der Waals surface area contributed by atoms with Crippen LogP contribution in [0.5, 0.6) is 0 Å². The summed E-state index contributed by atoms with van der Waals surface area (Å²) >= 11 is 1.37. The average Bonchev–Trinajstić information content (AvgIpc) is 3.70. The number of amides is 1. The van der Waals surface area contributed by atoms with Crippen molar-refractivity contribution in [3.8, 4) is 0 Å². The summed E-state index contributed by atoms with van der Waals surface area (Å²) in [7, 11) is 0. The highest BCUT2D eigenvalue weighted by Crippen LogP contribution is 2.58. The second kappa shape index (κ2) is 9.67. The molecule has 1 fully saturated rings. The Hall–Kier alpha value is -4.29. The van der Waals surface area contributed by atoms with E-state index in [0.29, 0.717) is 16.1 Å². The van der Waals surface area contributed by atoms with Gasteiger partial charge in [-0.05, 0) is 53.6 Å². The molecule has 6 heteroatoms. The topological polar surface area (TPSA) is 66.5 Å². The van der Waals surface area contributed by atoms with Crippen molar-refractivity contribution in [3.63, 3.8) is 0 Å². The lowest BCUT2D eigenvalue weighted by atomic mass is 9.64. The van der Waals surface area contributed by atoms with Crippen molar-refractivity contribution < 1.29 is 14.4 Å². The summed E-state index contributed by atoms with van der Waals surface area (Å²) in [5, 5.41) is 4.98. The number of allylic oxidation sites excluding steroid dienone is 1. The molecule has 4 aromatic rings. The Balaban J connectivity index is 1.52. The first-order chi connectivity index (χ1) is 20.0. The monoisotopic (exact) mass is 558 g/mol. The van der Waals surface area contributed by atoms with Crippen LogP contribution in [0, 0.1) is 5.92 Å². The minimum atomic E-state index is -1.29. The first-order valence-corrected chi connectivity index (χ1v) is 15.0. The third-order valence-corrected chi connectivity index (χ3v) is 9.86. The van der Waals surface area contributed by atoms with Gasteiger partial charge in [0, 0.05) is 22.5 Å². The number of hydrogen-bond donors (Lipinski definition) is 1. The Morgan fingerprint density at radius 1 is 0.927 bits per heavy atom. The highest BCUT2D eigenvalue weighted by molar-refractivity contribution is 7.12. The lowest BCUT2D eigenvalue weighted by Gasteiger charge is -2.39. The zero-order chi connectivity index (χ0) is 28.3. The number of Topliss-reactive ketones (excluding diaryl/α,β-unsaturated/α-hetero) is 2. The zero-order valence-corrected chi connectivity index (χ0v) is 23.8.